The molecular weight excluding hydrogens is 537 g/mol. The largest absolute Gasteiger partial charge is 0.457 e. The molecule has 4 rings (SSSR count). The maximum Gasteiger partial charge on any atom is 0.417 e. The van der Waals surface area contributed by atoms with Gasteiger partial charge in [-0.2, -0.15) is 13.2 Å². The number of nitrogens with one attached hydrogen (secondary N) is 1. The van der Waals surface area contributed by atoms with E-state index in [2.05, 4.69) is 21.2 Å². The molecule has 0 spiro atoms. The van der Waals surface area contributed by atoms with Crippen molar-refractivity contribution in [1.29, 1.82) is 0 Å². The van der Waals surface area contributed by atoms with E-state index in [1.807, 2.05) is 0 Å². The Labute approximate surface area is 203 Å². The summed E-state index contributed by atoms with van der Waals surface area (Å²) in [5.74, 6) is -1.22. The van der Waals surface area contributed by atoms with Gasteiger partial charge in [-0.25, -0.2) is 0 Å². The van der Waals surface area contributed by atoms with Crippen LogP contribution in [0.25, 0.3) is 17.4 Å². The number of benzene rings is 2. The van der Waals surface area contributed by atoms with E-state index in [0.717, 1.165) is 11.0 Å². The number of rotatable bonds is 5. The third-order valence-corrected chi connectivity index (χ3v) is 6.32. The summed E-state index contributed by atoms with van der Waals surface area (Å²) in [7, 11) is 0. The van der Waals surface area contributed by atoms with E-state index in [1.165, 1.54) is 36.4 Å². The lowest BCUT2D eigenvalue weighted by molar-refractivity contribution is -0.137. The van der Waals surface area contributed by atoms with Gasteiger partial charge in [0.1, 0.15) is 18.1 Å². The van der Waals surface area contributed by atoms with Gasteiger partial charge in [0.25, 0.3) is 11.1 Å². The third kappa shape index (κ3) is 5.10. The molecule has 0 aliphatic carbocycles. The standard InChI is InChI=1S/C23H14BrF3N2O4S/c24-16-7-3-4-8-17(16)28-20(30)12-29-21(31)19(34-22(29)32)11-13-9-10-18(33-13)14-5-1-2-6-15(14)23(25,26)27/h1-11H,12H2,(H,28,30)/b19-11+. The molecule has 11 heteroatoms. The van der Waals surface area contributed by atoms with Gasteiger partial charge in [-0.15, -0.1) is 0 Å². The molecule has 3 aromatic rings. The second kappa shape index (κ2) is 9.51. The first-order chi connectivity index (χ1) is 16.1. The molecule has 0 atom stereocenters. The summed E-state index contributed by atoms with van der Waals surface area (Å²) >= 11 is 3.90. The van der Waals surface area contributed by atoms with Crippen molar-refractivity contribution in [2.24, 2.45) is 0 Å². The summed E-state index contributed by atoms with van der Waals surface area (Å²) in [6, 6.07) is 14.6. The number of amides is 3. The molecular formula is C23H14BrF3N2O4S. The molecule has 3 amide bonds. The van der Waals surface area contributed by atoms with Crippen molar-refractivity contribution in [1.82, 2.24) is 4.90 Å². The van der Waals surface area contributed by atoms with Crippen LogP contribution in [0.4, 0.5) is 23.7 Å². The van der Waals surface area contributed by atoms with Crippen molar-refractivity contribution in [3.8, 4) is 11.3 Å². The van der Waals surface area contributed by atoms with E-state index in [1.54, 1.807) is 24.3 Å². The molecule has 0 unspecified atom stereocenters. The number of para-hydroxylation sites is 1. The summed E-state index contributed by atoms with van der Waals surface area (Å²) in [4.78, 5) is 38.1. The molecule has 174 valence electrons. The molecule has 1 aliphatic heterocycles. The van der Waals surface area contributed by atoms with Gasteiger partial charge in [0.15, 0.2) is 0 Å². The molecule has 0 radical (unpaired) electrons. The van der Waals surface area contributed by atoms with Crippen LogP contribution in [0.15, 0.2) is 74.5 Å². The quantitative estimate of drug-likeness (QED) is 0.371. The van der Waals surface area contributed by atoms with E-state index in [9.17, 15) is 27.6 Å². The number of halogens is 4. The first kappa shape index (κ1) is 23.8. The van der Waals surface area contributed by atoms with Crippen LogP contribution in [-0.4, -0.2) is 28.5 Å². The highest BCUT2D eigenvalue weighted by atomic mass is 79.9. The van der Waals surface area contributed by atoms with E-state index in [-0.39, 0.29) is 22.0 Å². The molecule has 6 nitrogen and oxygen atoms in total. The monoisotopic (exact) mass is 550 g/mol. The Hall–Kier alpha value is -3.31. The fraction of sp³-hybridized carbons (Fsp3) is 0.0870. The summed E-state index contributed by atoms with van der Waals surface area (Å²) in [5.41, 5.74) is -0.518. The van der Waals surface area contributed by atoms with Gasteiger partial charge in [-0.1, -0.05) is 30.3 Å². The number of carbonyl (C=O) groups excluding carboxylic acids is 3. The van der Waals surface area contributed by atoms with E-state index in [4.69, 9.17) is 4.42 Å². The molecule has 1 fully saturated rings. The van der Waals surface area contributed by atoms with Crippen molar-refractivity contribution >= 4 is 56.5 Å². The minimum Gasteiger partial charge on any atom is -0.457 e. The second-order valence-electron chi connectivity index (χ2n) is 7.04. The molecule has 34 heavy (non-hydrogen) atoms. The number of imide groups is 1. The Morgan fingerprint density at radius 2 is 1.76 bits per heavy atom. The Morgan fingerprint density at radius 1 is 1.06 bits per heavy atom. The number of alkyl halides is 3. The summed E-state index contributed by atoms with van der Waals surface area (Å²) in [6.45, 7) is -0.494. The first-order valence-corrected chi connectivity index (χ1v) is 11.3. The highest BCUT2D eigenvalue weighted by Crippen LogP contribution is 2.38. The summed E-state index contributed by atoms with van der Waals surface area (Å²) < 4.78 is 46.0. The molecule has 0 bridgehead atoms. The topological polar surface area (TPSA) is 79.6 Å². The van der Waals surface area contributed by atoms with E-state index in [0.29, 0.717) is 21.9 Å². The number of hydrogen-bond donors (Lipinski definition) is 1. The van der Waals surface area contributed by atoms with Crippen molar-refractivity contribution in [3.63, 3.8) is 0 Å². The minimum absolute atomic E-state index is 0.0105. The zero-order valence-corrected chi connectivity index (χ0v) is 19.5. The third-order valence-electron chi connectivity index (χ3n) is 4.72. The fourth-order valence-electron chi connectivity index (χ4n) is 3.18. The molecule has 0 saturated carbocycles. The van der Waals surface area contributed by atoms with Crippen LogP contribution in [-0.2, 0) is 15.8 Å². The van der Waals surface area contributed by atoms with Crippen molar-refractivity contribution in [2.75, 3.05) is 11.9 Å². The Kier molecular flexibility index (Phi) is 6.67. The lowest BCUT2D eigenvalue weighted by Crippen LogP contribution is -2.36. The van der Waals surface area contributed by atoms with Gasteiger partial charge in [0.2, 0.25) is 5.91 Å². The fourth-order valence-corrected chi connectivity index (χ4v) is 4.38. The molecule has 2 aromatic carbocycles. The summed E-state index contributed by atoms with van der Waals surface area (Å²) in [5, 5.41) is 1.96. The molecule has 1 aromatic heterocycles. The molecule has 1 saturated heterocycles. The number of hydrogen-bond acceptors (Lipinski definition) is 5. The zero-order chi connectivity index (χ0) is 24.5. The van der Waals surface area contributed by atoms with Gasteiger partial charge >= 0.3 is 6.18 Å². The highest BCUT2D eigenvalue weighted by Gasteiger charge is 2.37. The van der Waals surface area contributed by atoms with Crippen LogP contribution in [0.2, 0.25) is 0 Å². The average Bonchev–Trinajstić information content (AvgIpc) is 3.35. The van der Waals surface area contributed by atoms with Gasteiger partial charge in [-0.3, -0.25) is 19.3 Å². The van der Waals surface area contributed by atoms with Crippen molar-refractivity contribution in [3.05, 3.63) is 81.4 Å². The van der Waals surface area contributed by atoms with Crippen LogP contribution in [0.5, 0.6) is 0 Å². The van der Waals surface area contributed by atoms with Crippen LogP contribution in [0.1, 0.15) is 11.3 Å². The van der Waals surface area contributed by atoms with Crippen LogP contribution in [0.3, 0.4) is 0 Å². The Bertz CT molecular complexity index is 1320. The van der Waals surface area contributed by atoms with Crippen molar-refractivity contribution in [2.45, 2.75) is 6.18 Å². The molecule has 2 heterocycles. The molecule has 1 aliphatic rings. The Morgan fingerprint density at radius 3 is 2.50 bits per heavy atom. The van der Waals surface area contributed by atoms with Gasteiger partial charge in [0, 0.05) is 16.1 Å². The van der Waals surface area contributed by atoms with E-state index >= 15 is 0 Å². The number of furan rings is 1. The lowest BCUT2D eigenvalue weighted by atomic mass is 10.1. The van der Waals surface area contributed by atoms with Crippen LogP contribution < -0.4 is 5.32 Å². The van der Waals surface area contributed by atoms with Gasteiger partial charge < -0.3 is 9.73 Å². The number of carbonyl (C=O) groups is 3. The maximum absolute atomic E-state index is 13.3. The average molecular weight is 551 g/mol. The highest BCUT2D eigenvalue weighted by molar-refractivity contribution is 9.10. The second-order valence-corrected chi connectivity index (χ2v) is 8.89. The van der Waals surface area contributed by atoms with Crippen LogP contribution in [0, 0.1) is 0 Å². The molecule has 1 N–H and O–H groups in total. The minimum atomic E-state index is -4.57. The number of nitrogens with zero attached hydrogens (tertiary/aromatic N) is 1. The summed E-state index contributed by atoms with van der Waals surface area (Å²) in [6.07, 6.45) is -3.31. The van der Waals surface area contributed by atoms with E-state index < -0.39 is 35.3 Å². The SMILES string of the molecule is O=C(CN1C(=O)S/C(=C/c2ccc(-c3ccccc3C(F)(F)F)o2)C1=O)Nc1ccccc1Br. The Balaban J connectivity index is 1.50. The smallest absolute Gasteiger partial charge is 0.417 e. The number of anilines is 1. The van der Waals surface area contributed by atoms with Gasteiger partial charge in [-0.05, 0) is 58.0 Å². The van der Waals surface area contributed by atoms with Gasteiger partial charge in [0.05, 0.1) is 16.2 Å². The number of thioether (sulfide) groups is 1. The first-order valence-electron chi connectivity index (χ1n) is 9.69. The predicted octanol–water partition coefficient (Wildman–Crippen LogP) is 6.40. The lowest BCUT2D eigenvalue weighted by Gasteiger charge is -2.13. The van der Waals surface area contributed by atoms with Crippen molar-refractivity contribution < 1.29 is 32.0 Å². The zero-order valence-electron chi connectivity index (χ0n) is 17.1. The predicted molar refractivity (Wildman–Crippen MR) is 125 cm³/mol. The van der Waals surface area contributed by atoms with Crippen LogP contribution >= 0.6 is 27.7 Å². The normalized spacial score (nSPS) is 15.3. The maximum atomic E-state index is 13.3.